The van der Waals surface area contributed by atoms with Crippen LogP contribution in [0.15, 0.2) is 36.4 Å². The van der Waals surface area contributed by atoms with Gasteiger partial charge in [-0.05, 0) is 32.1 Å². The zero-order valence-electron chi connectivity index (χ0n) is 15.9. The van der Waals surface area contributed by atoms with Gasteiger partial charge in [-0.25, -0.2) is 9.97 Å². The Morgan fingerprint density at radius 3 is 2.81 bits per heavy atom. The number of piperidine rings is 1. The quantitative estimate of drug-likeness (QED) is 0.714. The second kappa shape index (κ2) is 9.53. The fourth-order valence-electron chi connectivity index (χ4n) is 3.55. The molecule has 2 aromatic rings. The normalized spacial score (nSPS) is 17.3. The van der Waals surface area contributed by atoms with Gasteiger partial charge in [0, 0.05) is 44.5 Å². The molecule has 1 N–H and O–H groups in total. The highest BCUT2D eigenvalue weighted by Crippen LogP contribution is 2.28. The first-order chi connectivity index (χ1) is 12.8. The molecule has 0 amide bonds. The van der Waals surface area contributed by atoms with Gasteiger partial charge < -0.3 is 15.0 Å². The summed E-state index contributed by atoms with van der Waals surface area (Å²) in [5, 5.41) is 3.44. The average Bonchev–Trinajstić information content (AvgIpc) is 2.71. The Bertz CT molecular complexity index is 677. The number of benzene rings is 1. The van der Waals surface area contributed by atoms with E-state index in [-0.39, 0.29) is 0 Å². The maximum Gasteiger partial charge on any atom is 0.163 e. The topological polar surface area (TPSA) is 50.3 Å². The van der Waals surface area contributed by atoms with Crippen LogP contribution in [0.25, 0.3) is 11.4 Å². The fourth-order valence-corrected chi connectivity index (χ4v) is 3.55. The van der Waals surface area contributed by atoms with Crippen molar-refractivity contribution >= 4 is 11.6 Å². The number of methoxy groups -OCH3 is 1. The molecule has 5 heteroatoms. The lowest BCUT2D eigenvalue weighted by Crippen LogP contribution is -2.39. The lowest BCUT2D eigenvalue weighted by Gasteiger charge is -2.36. The third-order valence-electron chi connectivity index (χ3n) is 4.97. The molecule has 1 unspecified atom stereocenters. The molecule has 5 nitrogen and oxygen atoms in total. The van der Waals surface area contributed by atoms with Crippen molar-refractivity contribution < 1.29 is 4.74 Å². The van der Waals surface area contributed by atoms with Gasteiger partial charge in [-0.15, -0.1) is 0 Å². The van der Waals surface area contributed by atoms with Crippen LogP contribution >= 0.6 is 0 Å². The number of nitrogens with one attached hydrogen (secondary N) is 1. The minimum Gasteiger partial charge on any atom is -0.385 e. The van der Waals surface area contributed by atoms with Crippen LogP contribution in [0.2, 0.25) is 0 Å². The maximum atomic E-state index is 5.14. The minimum absolute atomic E-state index is 0.573. The number of hydrogen-bond acceptors (Lipinski definition) is 5. The summed E-state index contributed by atoms with van der Waals surface area (Å²) in [7, 11) is 1.73. The van der Waals surface area contributed by atoms with E-state index < -0.39 is 0 Å². The number of nitrogens with zero attached hydrogens (tertiary/aromatic N) is 3. The van der Waals surface area contributed by atoms with Crippen molar-refractivity contribution in [1.82, 2.24) is 9.97 Å². The predicted molar refractivity (Wildman–Crippen MR) is 108 cm³/mol. The summed E-state index contributed by atoms with van der Waals surface area (Å²) < 4.78 is 5.14. The highest BCUT2D eigenvalue weighted by Gasteiger charge is 2.23. The molecule has 2 heterocycles. The molecule has 1 aliphatic rings. The molecule has 1 saturated heterocycles. The number of hydrogen-bond donors (Lipinski definition) is 1. The second-order valence-corrected chi connectivity index (χ2v) is 6.83. The number of ether oxygens (including phenoxy) is 1. The predicted octanol–water partition coefficient (Wildman–Crippen LogP) is 4.36. The van der Waals surface area contributed by atoms with E-state index in [1.165, 1.54) is 19.3 Å². The molecule has 140 valence electrons. The van der Waals surface area contributed by atoms with E-state index in [2.05, 4.69) is 35.3 Å². The molecule has 0 aliphatic carbocycles. The van der Waals surface area contributed by atoms with Crippen molar-refractivity contribution in [3.8, 4) is 11.4 Å². The van der Waals surface area contributed by atoms with Crippen LogP contribution in [0.3, 0.4) is 0 Å². The first kappa shape index (κ1) is 18.6. The van der Waals surface area contributed by atoms with Gasteiger partial charge >= 0.3 is 0 Å². The van der Waals surface area contributed by atoms with E-state index >= 15 is 0 Å². The summed E-state index contributed by atoms with van der Waals surface area (Å²) in [4.78, 5) is 12.1. The zero-order chi connectivity index (χ0) is 18.2. The molecule has 3 rings (SSSR count). The van der Waals surface area contributed by atoms with Crippen molar-refractivity contribution in [2.75, 3.05) is 37.0 Å². The Hall–Kier alpha value is -2.14. The molecule has 1 aromatic heterocycles. The zero-order valence-corrected chi connectivity index (χ0v) is 15.9. The average molecular weight is 354 g/mol. The van der Waals surface area contributed by atoms with Crippen molar-refractivity contribution in [3.05, 3.63) is 36.4 Å². The lowest BCUT2D eigenvalue weighted by atomic mass is 10.00. The largest absolute Gasteiger partial charge is 0.385 e. The second-order valence-electron chi connectivity index (χ2n) is 6.83. The van der Waals surface area contributed by atoms with Gasteiger partial charge in [0.25, 0.3) is 0 Å². The number of aromatic nitrogens is 2. The molecule has 0 radical (unpaired) electrons. The Morgan fingerprint density at radius 1 is 1.19 bits per heavy atom. The molecule has 1 fully saturated rings. The maximum absolute atomic E-state index is 5.14. The smallest absolute Gasteiger partial charge is 0.163 e. The first-order valence-electron chi connectivity index (χ1n) is 9.75. The third kappa shape index (κ3) is 4.73. The Labute approximate surface area is 156 Å². The van der Waals surface area contributed by atoms with Crippen LogP contribution in [0.1, 0.15) is 39.0 Å². The van der Waals surface area contributed by atoms with Gasteiger partial charge in [0.15, 0.2) is 5.82 Å². The third-order valence-corrected chi connectivity index (χ3v) is 4.97. The fraction of sp³-hybridized carbons (Fsp3) is 0.524. The van der Waals surface area contributed by atoms with Gasteiger partial charge in [-0.2, -0.15) is 0 Å². The molecule has 0 bridgehead atoms. The molecule has 1 aliphatic heterocycles. The highest BCUT2D eigenvalue weighted by molar-refractivity contribution is 5.62. The minimum atomic E-state index is 0.573. The molecule has 1 atom stereocenters. The van der Waals surface area contributed by atoms with Crippen LogP contribution in [-0.4, -0.2) is 42.8 Å². The van der Waals surface area contributed by atoms with Gasteiger partial charge in [0.2, 0.25) is 0 Å². The Balaban J connectivity index is 1.89. The highest BCUT2D eigenvalue weighted by atomic mass is 16.5. The molecule has 0 saturated carbocycles. The summed E-state index contributed by atoms with van der Waals surface area (Å²) in [6.07, 6.45) is 5.91. The lowest BCUT2D eigenvalue weighted by molar-refractivity contribution is 0.198. The van der Waals surface area contributed by atoms with E-state index in [0.717, 1.165) is 55.6 Å². The van der Waals surface area contributed by atoms with Gasteiger partial charge in [-0.1, -0.05) is 37.3 Å². The standard InChI is InChI=1S/C21H30N4O/c1-3-18-12-7-8-14-25(18)20-16-19(22-13-9-15-26-2)23-21(24-20)17-10-5-4-6-11-17/h4-6,10-11,16,18H,3,7-9,12-15H2,1-2H3,(H,22,23,24). The summed E-state index contributed by atoms with van der Waals surface area (Å²) >= 11 is 0. The van der Waals surface area contributed by atoms with E-state index in [9.17, 15) is 0 Å². The monoisotopic (exact) mass is 354 g/mol. The molecule has 1 aromatic carbocycles. The first-order valence-corrected chi connectivity index (χ1v) is 9.75. The summed E-state index contributed by atoms with van der Waals surface area (Å²) in [5.41, 5.74) is 1.05. The Morgan fingerprint density at radius 2 is 2.04 bits per heavy atom. The van der Waals surface area contributed by atoms with Crippen molar-refractivity contribution in [2.24, 2.45) is 0 Å². The SMILES string of the molecule is CCC1CCCCN1c1cc(NCCCOC)nc(-c2ccccc2)n1. The molecular formula is C21H30N4O. The van der Waals surface area contributed by atoms with Gasteiger partial charge in [0.05, 0.1) is 0 Å². The number of anilines is 2. The van der Waals surface area contributed by atoms with Crippen molar-refractivity contribution in [1.29, 1.82) is 0 Å². The van der Waals surface area contributed by atoms with Gasteiger partial charge in [-0.3, -0.25) is 0 Å². The van der Waals surface area contributed by atoms with E-state index in [0.29, 0.717) is 6.04 Å². The molecule has 26 heavy (non-hydrogen) atoms. The summed E-state index contributed by atoms with van der Waals surface area (Å²) in [6.45, 7) is 4.94. The van der Waals surface area contributed by atoms with E-state index in [4.69, 9.17) is 14.7 Å². The van der Waals surface area contributed by atoms with Crippen LogP contribution in [-0.2, 0) is 4.74 Å². The van der Waals surface area contributed by atoms with E-state index in [1.54, 1.807) is 7.11 Å². The van der Waals surface area contributed by atoms with Crippen molar-refractivity contribution in [2.45, 2.75) is 45.1 Å². The van der Waals surface area contributed by atoms with Crippen LogP contribution < -0.4 is 10.2 Å². The Kier molecular flexibility index (Phi) is 6.83. The number of rotatable bonds is 8. The van der Waals surface area contributed by atoms with Crippen LogP contribution in [0, 0.1) is 0 Å². The van der Waals surface area contributed by atoms with Crippen molar-refractivity contribution in [3.63, 3.8) is 0 Å². The molecule has 0 spiro atoms. The molecular weight excluding hydrogens is 324 g/mol. The van der Waals surface area contributed by atoms with Gasteiger partial charge in [0.1, 0.15) is 11.6 Å². The van der Waals surface area contributed by atoms with E-state index in [1.807, 2.05) is 18.2 Å². The van der Waals surface area contributed by atoms with Crippen LogP contribution in [0.5, 0.6) is 0 Å². The van der Waals surface area contributed by atoms with Crippen LogP contribution in [0.4, 0.5) is 11.6 Å². The summed E-state index contributed by atoms with van der Waals surface area (Å²) in [6, 6.07) is 12.9. The summed E-state index contributed by atoms with van der Waals surface area (Å²) in [5.74, 6) is 2.72.